The fraction of sp³-hybridized carbons (Fsp3) is 0.353. The minimum absolute atomic E-state index is 0.424. The second kappa shape index (κ2) is 6.97. The molecule has 0 atom stereocenters. The molecule has 21 heavy (non-hydrogen) atoms. The summed E-state index contributed by atoms with van der Waals surface area (Å²) in [5.41, 5.74) is 0.769. The first-order valence-electron chi connectivity index (χ1n) is 7.19. The SMILES string of the molecule is CCCC(Cc1ccccn1)(Cc1ccccn1)C(=O)O. The van der Waals surface area contributed by atoms with Crippen LogP contribution < -0.4 is 0 Å². The first kappa shape index (κ1) is 15.2. The molecule has 0 saturated carbocycles. The van der Waals surface area contributed by atoms with Crippen LogP contribution >= 0.6 is 0 Å². The third-order valence-corrected chi connectivity index (χ3v) is 3.67. The normalized spacial score (nSPS) is 11.3. The molecule has 0 unspecified atom stereocenters. The van der Waals surface area contributed by atoms with Crippen LogP contribution in [0.1, 0.15) is 31.2 Å². The maximum absolute atomic E-state index is 12.0. The standard InChI is InChI=1S/C17H20N2O2/c1-2-9-17(16(20)21,12-14-7-3-5-10-18-14)13-15-8-4-6-11-19-15/h3-8,10-11H,2,9,12-13H2,1H3,(H,20,21). The van der Waals surface area contributed by atoms with E-state index in [-0.39, 0.29) is 0 Å². The van der Waals surface area contributed by atoms with Gasteiger partial charge in [0.05, 0.1) is 5.41 Å². The van der Waals surface area contributed by atoms with Gasteiger partial charge >= 0.3 is 5.97 Å². The van der Waals surface area contributed by atoms with Gasteiger partial charge in [-0.05, 0) is 30.7 Å². The number of nitrogens with zero attached hydrogens (tertiary/aromatic N) is 2. The molecule has 0 amide bonds. The lowest BCUT2D eigenvalue weighted by Gasteiger charge is -2.28. The number of carbonyl (C=O) groups is 1. The molecule has 0 aliphatic carbocycles. The van der Waals surface area contributed by atoms with Crippen LogP contribution in [0.2, 0.25) is 0 Å². The molecule has 2 heterocycles. The lowest BCUT2D eigenvalue weighted by molar-refractivity contribution is -0.149. The maximum Gasteiger partial charge on any atom is 0.310 e. The van der Waals surface area contributed by atoms with Gasteiger partial charge in [0.15, 0.2) is 0 Å². The number of hydrogen-bond donors (Lipinski definition) is 1. The van der Waals surface area contributed by atoms with Gasteiger partial charge in [0.1, 0.15) is 0 Å². The molecule has 4 nitrogen and oxygen atoms in total. The summed E-state index contributed by atoms with van der Waals surface area (Å²) in [7, 11) is 0. The smallest absolute Gasteiger partial charge is 0.310 e. The van der Waals surface area contributed by atoms with Crippen LogP contribution in [-0.2, 0) is 17.6 Å². The lowest BCUT2D eigenvalue weighted by Crippen LogP contribution is -2.36. The Morgan fingerprint density at radius 2 is 1.57 bits per heavy atom. The van der Waals surface area contributed by atoms with Crippen LogP contribution in [0.5, 0.6) is 0 Å². The topological polar surface area (TPSA) is 63.1 Å². The number of aromatic nitrogens is 2. The second-order valence-electron chi connectivity index (χ2n) is 5.33. The number of carboxylic acids is 1. The number of pyridine rings is 2. The summed E-state index contributed by atoms with van der Waals surface area (Å²) in [6.07, 6.45) is 5.67. The van der Waals surface area contributed by atoms with Gasteiger partial charge in [0.2, 0.25) is 0 Å². The minimum Gasteiger partial charge on any atom is -0.481 e. The van der Waals surface area contributed by atoms with E-state index < -0.39 is 11.4 Å². The van der Waals surface area contributed by atoms with Crippen molar-refractivity contribution in [2.75, 3.05) is 0 Å². The number of hydrogen-bond acceptors (Lipinski definition) is 3. The van der Waals surface area contributed by atoms with Crippen LogP contribution in [0.3, 0.4) is 0 Å². The van der Waals surface area contributed by atoms with Crippen LogP contribution in [0.15, 0.2) is 48.8 Å². The maximum atomic E-state index is 12.0. The van der Waals surface area contributed by atoms with Gasteiger partial charge in [-0.1, -0.05) is 25.5 Å². The molecule has 0 aliphatic rings. The number of carboxylic acid groups (broad SMARTS) is 1. The largest absolute Gasteiger partial charge is 0.481 e. The summed E-state index contributed by atoms with van der Waals surface area (Å²) in [4.78, 5) is 20.5. The molecular weight excluding hydrogens is 264 g/mol. The lowest BCUT2D eigenvalue weighted by atomic mass is 9.75. The summed E-state index contributed by atoms with van der Waals surface area (Å²) in [6.45, 7) is 2.01. The van der Waals surface area contributed by atoms with Crippen molar-refractivity contribution in [1.29, 1.82) is 0 Å². The summed E-state index contributed by atoms with van der Waals surface area (Å²) in [6, 6.07) is 11.2. The van der Waals surface area contributed by atoms with Gasteiger partial charge in [-0.15, -0.1) is 0 Å². The molecule has 0 bridgehead atoms. The molecule has 0 fully saturated rings. The monoisotopic (exact) mass is 284 g/mol. The average molecular weight is 284 g/mol. The Balaban J connectivity index is 2.31. The van der Waals surface area contributed by atoms with E-state index in [4.69, 9.17) is 0 Å². The molecule has 2 aromatic heterocycles. The number of aliphatic carboxylic acids is 1. The molecule has 2 aromatic rings. The fourth-order valence-corrected chi connectivity index (χ4v) is 2.67. The van der Waals surface area contributed by atoms with Gasteiger partial charge in [-0.25, -0.2) is 0 Å². The zero-order valence-electron chi connectivity index (χ0n) is 12.2. The highest BCUT2D eigenvalue weighted by molar-refractivity contribution is 5.75. The molecule has 2 rings (SSSR count). The first-order chi connectivity index (χ1) is 10.2. The van der Waals surface area contributed by atoms with E-state index in [2.05, 4.69) is 9.97 Å². The minimum atomic E-state index is -0.850. The van der Waals surface area contributed by atoms with E-state index in [0.717, 1.165) is 17.8 Å². The molecule has 0 radical (unpaired) electrons. The summed E-state index contributed by atoms with van der Waals surface area (Å²) in [5, 5.41) is 9.82. The Bertz CT molecular complexity index is 528. The van der Waals surface area contributed by atoms with Gasteiger partial charge in [0, 0.05) is 36.6 Å². The zero-order chi connectivity index (χ0) is 15.1. The van der Waals surface area contributed by atoms with Crippen molar-refractivity contribution in [3.05, 3.63) is 60.2 Å². The molecule has 0 aromatic carbocycles. The van der Waals surface area contributed by atoms with Crippen LogP contribution in [0.4, 0.5) is 0 Å². The van der Waals surface area contributed by atoms with Crippen molar-refractivity contribution in [3.8, 4) is 0 Å². The van der Waals surface area contributed by atoms with E-state index in [0.29, 0.717) is 19.3 Å². The molecule has 0 aliphatic heterocycles. The molecule has 110 valence electrons. The van der Waals surface area contributed by atoms with Crippen molar-refractivity contribution in [3.63, 3.8) is 0 Å². The highest BCUT2D eigenvalue weighted by Crippen LogP contribution is 2.32. The third kappa shape index (κ3) is 3.88. The van der Waals surface area contributed by atoms with E-state index >= 15 is 0 Å². The van der Waals surface area contributed by atoms with Crippen molar-refractivity contribution in [2.24, 2.45) is 5.41 Å². The molecular formula is C17H20N2O2. The quantitative estimate of drug-likeness (QED) is 0.848. The van der Waals surface area contributed by atoms with E-state index in [1.54, 1.807) is 12.4 Å². The van der Waals surface area contributed by atoms with E-state index in [1.165, 1.54) is 0 Å². The zero-order valence-corrected chi connectivity index (χ0v) is 12.2. The van der Waals surface area contributed by atoms with Crippen LogP contribution in [0.25, 0.3) is 0 Å². The highest BCUT2D eigenvalue weighted by atomic mass is 16.4. The highest BCUT2D eigenvalue weighted by Gasteiger charge is 2.38. The number of rotatable bonds is 7. The van der Waals surface area contributed by atoms with Crippen LogP contribution in [-0.4, -0.2) is 21.0 Å². The molecule has 4 heteroatoms. The molecule has 0 spiro atoms. The Labute approximate surface area is 124 Å². The predicted octanol–water partition coefficient (Wildman–Crippen LogP) is 3.13. The van der Waals surface area contributed by atoms with Crippen molar-refractivity contribution in [2.45, 2.75) is 32.6 Å². The van der Waals surface area contributed by atoms with Gasteiger partial charge in [-0.2, -0.15) is 0 Å². The first-order valence-corrected chi connectivity index (χ1v) is 7.19. The second-order valence-corrected chi connectivity index (χ2v) is 5.33. The molecule has 1 N–H and O–H groups in total. The summed E-state index contributed by atoms with van der Waals surface area (Å²) < 4.78 is 0. The Kier molecular flexibility index (Phi) is 5.04. The van der Waals surface area contributed by atoms with Crippen molar-refractivity contribution in [1.82, 2.24) is 9.97 Å². The van der Waals surface area contributed by atoms with E-state index in [1.807, 2.05) is 43.3 Å². The average Bonchev–Trinajstić information content (AvgIpc) is 2.49. The Hall–Kier alpha value is -2.23. The van der Waals surface area contributed by atoms with Gasteiger partial charge in [-0.3, -0.25) is 14.8 Å². The van der Waals surface area contributed by atoms with Crippen LogP contribution in [0, 0.1) is 5.41 Å². The Morgan fingerprint density at radius 3 is 1.90 bits per heavy atom. The third-order valence-electron chi connectivity index (χ3n) is 3.67. The van der Waals surface area contributed by atoms with Crippen molar-refractivity contribution >= 4 is 5.97 Å². The summed E-state index contributed by atoms with van der Waals surface area (Å²) in [5.74, 6) is -0.777. The Morgan fingerprint density at radius 1 is 1.05 bits per heavy atom. The van der Waals surface area contributed by atoms with E-state index in [9.17, 15) is 9.90 Å². The fourth-order valence-electron chi connectivity index (χ4n) is 2.67. The predicted molar refractivity (Wildman–Crippen MR) is 80.9 cm³/mol. The van der Waals surface area contributed by atoms with Gasteiger partial charge in [0.25, 0.3) is 0 Å². The van der Waals surface area contributed by atoms with Gasteiger partial charge < -0.3 is 5.11 Å². The molecule has 0 saturated heterocycles. The van der Waals surface area contributed by atoms with Crippen molar-refractivity contribution < 1.29 is 9.90 Å². The summed E-state index contributed by atoms with van der Waals surface area (Å²) >= 11 is 0.